The zero-order valence-corrected chi connectivity index (χ0v) is 18.8. The Morgan fingerprint density at radius 1 is 1.20 bits per heavy atom. The number of carbonyl (C=O) groups excluding carboxylic acids is 1. The number of hydrogen-bond donors (Lipinski definition) is 1. The monoisotopic (exact) mass is 429 g/mol. The molecule has 1 N–H and O–H groups in total. The summed E-state index contributed by atoms with van der Waals surface area (Å²) in [5.41, 5.74) is 3.79. The number of esters is 1. The second-order valence-electron chi connectivity index (χ2n) is 8.48. The maximum atomic E-state index is 11.8. The molecule has 1 atom stereocenters. The highest BCUT2D eigenvalue weighted by molar-refractivity contribution is 6.63. The van der Waals surface area contributed by atoms with E-state index in [-0.39, 0.29) is 17.3 Å². The molecule has 1 fully saturated rings. The zero-order valence-electron chi connectivity index (χ0n) is 18.0. The van der Waals surface area contributed by atoms with Gasteiger partial charge in [0.2, 0.25) is 0 Å². The predicted octanol–water partition coefficient (Wildman–Crippen LogP) is 4.91. The van der Waals surface area contributed by atoms with Gasteiger partial charge in [0.25, 0.3) is 0 Å². The molecule has 160 valence electrons. The maximum Gasteiger partial charge on any atom is 0.496 e. The van der Waals surface area contributed by atoms with Crippen molar-refractivity contribution in [1.82, 2.24) is 0 Å². The molecule has 2 aromatic carbocycles. The third kappa shape index (κ3) is 5.78. The molecule has 0 amide bonds. The van der Waals surface area contributed by atoms with Crippen LogP contribution >= 0.6 is 11.6 Å². The molecule has 1 saturated heterocycles. The molecule has 1 unspecified atom stereocenters. The molecule has 1 heterocycles. The fourth-order valence-corrected chi connectivity index (χ4v) is 3.61. The molecule has 1 aliphatic rings. The fourth-order valence-electron chi connectivity index (χ4n) is 3.48. The van der Waals surface area contributed by atoms with Crippen LogP contribution in [0.2, 0.25) is 5.02 Å². The topological polar surface area (TPSA) is 56.8 Å². The first-order valence-electron chi connectivity index (χ1n) is 10.3. The normalized spacial score (nSPS) is 16.8. The average molecular weight is 430 g/mol. The highest BCUT2D eigenvalue weighted by Crippen LogP contribution is 2.29. The molecule has 0 radical (unpaired) electrons. The Morgan fingerprint density at radius 3 is 2.47 bits per heavy atom. The van der Waals surface area contributed by atoms with Crippen molar-refractivity contribution in [1.29, 1.82) is 0 Å². The van der Waals surface area contributed by atoms with Gasteiger partial charge in [0.1, 0.15) is 0 Å². The molecule has 5 nitrogen and oxygen atoms in total. The maximum absolute atomic E-state index is 11.8. The van der Waals surface area contributed by atoms with Crippen molar-refractivity contribution in [3.8, 4) is 0 Å². The van der Waals surface area contributed by atoms with Crippen molar-refractivity contribution in [2.24, 2.45) is 5.41 Å². The number of hydrogen-bond acceptors (Lipinski definition) is 5. The highest BCUT2D eigenvalue weighted by atomic mass is 35.5. The summed E-state index contributed by atoms with van der Waals surface area (Å²) in [4.78, 5) is 11.8. The second-order valence-corrected chi connectivity index (χ2v) is 8.92. The Kier molecular flexibility index (Phi) is 7.45. The van der Waals surface area contributed by atoms with E-state index >= 15 is 0 Å². The summed E-state index contributed by atoms with van der Waals surface area (Å²) < 4.78 is 16.9. The summed E-state index contributed by atoms with van der Waals surface area (Å²) in [6, 6.07) is 13.7. The van der Waals surface area contributed by atoms with Crippen LogP contribution in [0.25, 0.3) is 0 Å². The van der Waals surface area contributed by atoms with E-state index in [0.29, 0.717) is 24.7 Å². The smallest absolute Gasteiger partial charge is 0.469 e. The largest absolute Gasteiger partial charge is 0.496 e. The average Bonchev–Trinajstić information content (AvgIpc) is 2.73. The van der Waals surface area contributed by atoms with Crippen molar-refractivity contribution in [3.63, 3.8) is 0 Å². The molecule has 1 aliphatic heterocycles. The van der Waals surface area contributed by atoms with E-state index in [2.05, 4.69) is 32.2 Å². The molecule has 0 spiro atoms. The van der Waals surface area contributed by atoms with Crippen molar-refractivity contribution in [3.05, 3.63) is 53.1 Å². The molecular formula is C23H29BClNO4. The van der Waals surface area contributed by atoms with Crippen LogP contribution in [0.1, 0.15) is 45.1 Å². The van der Waals surface area contributed by atoms with Crippen LogP contribution in [-0.2, 0) is 18.8 Å². The summed E-state index contributed by atoms with van der Waals surface area (Å²) in [6.07, 6.45) is 1.18. The van der Waals surface area contributed by atoms with Crippen LogP contribution in [0.5, 0.6) is 0 Å². The standard InChI is InChI=1S/C23H29BClNO4/c1-5-16(13-22(27)28-4)17-6-11-20(24-29-14-23(2,3)15-30-24)21(12-17)26-19-9-7-18(25)8-10-19/h6-12,16,26H,5,13-15H2,1-4H3. The summed E-state index contributed by atoms with van der Waals surface area (Å²) in [5.74, 6) is -0.135. The highest BCUT2D eigenvalue weighted by Gasteiger charge is 2.35. The quantitative estimate of drug-likeness (QED) is 0.501. The first-order valence-corrected chi connectivity index (χ1v) is 10.7. The van der Waals surface area contributed by atoms with Gasteiger partial charge in [-0.25, -0.2) is 0 Å². The lowest BCUT2D eigenvalue weighted by atomic mass is 9.74. The van der Waals surface area contributed by atoms with Crippen molar-refractivity contribution < 1.29 is 18.8 Å². The van der Waals surface area contributed by atoms with Crippen LogP contribution in [0, 0.1) is 5.41 Å². The number of ether oxygens (including phenoxy) is 1. The Balaban J connectivity index is 1.92. The Morgan fingerprint density at radius 2 is 1.87 bits per heavy atom. The first kappa shape index (κ1) is 22.7. The van der Waals surface area contributed by atoms with Crippen molar-refractivity contribution in [2.45, 2.75) is 39.5 Å². The molecule has 0 aromatic heterocycles. The Labute approximate surface area is 184 Å². The van der Waals surface area contributed by atoms with Gasteiger partial charge in [0.05, 0.1) is 13.5 Å². The van der Waals surface area contributed by atoms with Crippen molar-refractivity contribution >= 4 is 41.5 Å². The number of carbonyl (C=O) groups is 1. The summed E-state index contributed by atoms with van der Waals surface area (Å²) >= 11 is 6.03. The third-order valence-corrected chi connectivity index (χ3v) is 5.56. The molecule has 30 heavy (non-hydrogen) atoms. The molecule has 2 aromatic rings. The second kappa shape index (κ2) is 9.86. The van der Waals surface area contributed by atoms with Gasteiger partial charge in [-0.3, -0.25) is 4.79 Å². The van der Waals surface area contributed by atoms with Crippen molar-refractivity contribution in [2.75, 3.05) is 25.6 Å². The lowest BCUT2D eigenvalue weighted by Gasteiger charge is -2.34. The molecule has 7 heteroatoms. The molecule has 0 bridgehead atoms. The van der Waals surface area contributed by atoms with Gasteiger partial charge in [0, 0.05) is 40.5 Å². The van der Waals surface area contributed by atoms with E-state index in [1.807, 2.05) is 36.4 Å². The number of methoxy groups -OCH3 is 1. The number of anilines is 2. The van der Waals surface area contributed by atoms with Gasteiger partial charge in [-0.2, -0.15) is 0 Å². The molecule has 3 rings (SSSR count). The number of benzene rings is 2. The molecular weight excluding hydrogens is 401 g/mol. The van der Waals surface area contributed by atoms with E-state index in [9.17, 15) is 4.79 Å². The Bertz CT molecular complexity index is 862. The minimum absolute atomic E-state index is 0.00592. The van der Waals surface area contributed by atoms with E-state index < -0.39 is 7.12 Å². The summed E-state index contributed by atoms with van der Waals surface area (Å²) in [6.45, 7) is 7.57. The van der Waals surface area contributed by atoms with Crippen LogP contribution in [0.15, 0.2) is 42.5 Å². The van der Waals surface area contributed by atoms with E-state index in [1.54, 1.807) is 0 Å². The van der Waals surface area contributed by atoms with Crippen LogP contribution in [0.3, 0.4) is 0 Å². The van der Waals surface area contributed by atoms with Crippen LogP contribution in [-0.4, -0.2) is 33.4 Å². The SMILES string of the molecule is CCC(CC(=O)OC)c1ccc(B2OCC(C)(C)CO2)c(Nc2ccc(Cl)cc2)c1. The molecule has 0 aliphatic carbocycles. The van der Waals surface area contributed by atoms with Crippen LogP contribution < -0.4 is 10.8 Å². The minimum Gasteiger partial charge on any atom is -0.469 e. The van der Waals surface area contributed by atoms with Gasteiger partial charge in [-0.15, -0.1) is 0 Å². The first-order chi connectivity index (χ1) is 14.3. The van der Waals surface area contributed by atoms with Crippen LogP contribution in [0.4, 0.5) is 11.4 Å². The number of halogens is 1. The number of rotatable bonds is 7. The number of nitrogens with one attached hydrogen (secondary N) is 1. The van der Waals surface area contributed by atoms with Gasteiger partial charge in [0.15, 0.2) is 0 Å². The zero-order chi connectivity index (χ0) is 21.7. The minimum atomic E-state index is -0.442. The lowest BCUT2D eigenvalue weighted by Crippen LogP contribution is -2.48. The molecule has 0 saturated carbocycles. The fraction of sp³-hybridized carbons (Fsp3) is 0.435. The van der Waals surface area contributed by atoms with Gasteiger partial charge in [-0.05, 0) is 48.2 Å². The van der Waals surface area contributed by atoms with E-state index in [1.165, 1.54) is 7.11 Å². The van der Waals surface area contributed by atoms with E-state index in [0.717, 1.165) is 28.8 Å². The third-order valence-electron chi connectivity index (χ3n) is 5.31. The van der Waals surface area contributed by atoms with Gasteiger partial charge < -0.3 is 19.4 Å². The lowest BCUT2D eigenvalue weighted by molar-refractivity contribution is -0.141. The summed E-state index contributed by atoms with van der Waals surface area (Å²) in [7, 11) is 0.979. The summed E-state index contributed by atoms with van der Waals surface area (Å²) in [5, 5.41) is 4.15. The van der Waals surface area contributed by atoms with Gasteiger partial charge in [-0.1, -0.05) is 44.5 Å². The van der Waals surface area contributed by atoms with Gasteiger partial charge >= 0.3 is 13.1 Å². The Hall–Kier alpha value is -2.02. The predicted molar refractivity (Wildman–Crippen MR) is 122 cm³/mol. The van der Waals surface area contributed by atoms with E-state index in [4.69, 9.17) is 25.6 Å².